The molecule has 4 nitrogen and oxygen atoms in total. The van der Waals surface area contributed by atoms with Gasteiger partial charge in [-0.15, -0.1) is 0 Å². The zero-order valence-electron chi connectivity index (χ0n) is 12.3. The Morgan fingerprint density at radius 3 is 2.75 bits per heavy atom. The Labute approximate surface area is 120 Å². The average Bonchev–Trinajstić information content (AvgIpc) is 2.45. The van der Waals surface area contributed by atoms with Gasteiger partial charge in [0.1, 0.15) is 5.75 Å². The number of piperidine rings is 1. The zero-order chi connectivity index (χ0) is 14.5. The maximum absolute atomic E-state index is 12.4. The Balaban J connectivity index is 2.00. The first-order valence-corrected chi connectivity index (χ1v) is 7.34. The molecule has 0 spiro atoms. The van der Waals surface area contributed by atoms with E-state index in [1.54, 1.807) is 0 Å². The standard InChI is InChI=1S/C16H24N2O2/c1-12(2)11-20-15-5-3-4-13(10-15)16(19)18-8-6-14(17)7-9-18/h3-5,10,12,14H,6-9,11,17H2,1-2H3. The van der Waals surface area contributed by atoms with E-state index >= 15 is 0 Å². The van der Waals surface area contributed by atoms with Gasteiger partial charge in [-0.1, -0.05) is 19.9 Å². The summed E-state index contributed by atoms with van der Waals surface area (Å²) in [6, 6.07) is 7.68. The molecule has 110 valence electrons. The van der Waals surface area contributed by atoms with Crippen LogP contribution in [0, 0.1) is 5.92 Å². The molecule has 1 fully saturated rings. The Hall–Kier alpha value is -1.55. The molecule has 1 aromatic carbocycles. The van der Waals surface area contributed by atoms with Crippen molar-refractivity contribution in [2.45, 2.75) is 32.7 Å². The highest BCUT2D eigenvalue weighted by Gasteiger charge is 2.21. The number of carbonyl (C=O) groups is 1. The smallest absolute Gasteiger partial charge is 0.253 e. The van der Waals surface area contributed by atoms with Gasteiger partial charge in [0.2, 0.25) is 0 Å². The Kier molecular flexibility index (Phi) is 5.01. The van der Waals surface area contributed by atoms with Gasteiger partial charge < -0.3 is 15.4 Å². The van der Waals surface area contributed by atoms with Gasteiger partial charge in [0.25, 0.3) is 5.91 Å². The van der Waals surface area contributed by atoms with Crippen molar-refractivity contribution in [3.8, 4) is 5.75 Å². The molecule has 0 radical (unpaired) electrons. The van der Waals surface area contributed by atoms with E-state index < -0.39 is 0 Å². The second-order valence-corrected chi connectivity index (χ2v) is 5.86. The lowest BCUT2D eigenvalue weighted by molar-refractivity contribution is 0.0714. The molecular weight excluding hydrogens is 252 g/mol. The van der Waals surface area contributed by atoms with Crippen molar-refractivity contribution in [3.05, 3.63) is 29.8 Å². The summed E-state index contributed by atoms with van der Waals surface area (Å²) in [4.78, 5) is 14.3. The van der Waals surface area contributed by atoms with Crippen LogP contribution in [0.5, 0.6) is 5.75 Å². The number of hydrogen-bond acceptors (Lipinski definition) is 3. The minimum atomic E-state index is 0.0758. The van der Waals surface area contributed by atoms with Crippen LogP contribution >= 0.6 is 0 Å². The second-order valence-electron chi connectivity index (χ2n) is 5.86. The molecule has 1 heterocycles. The number of rotatable bonds is 4. The molecule has 0 aliphatic carbocycles. The molecule has 2 rings (SSSR count). The topological polar surface area (TPSA) is 55.6 Å². The largest absolute Gasteiger partial charge is 0.493 e. The minimum absolute atomic E-state index is 0.0758. The van der Waals surface area contributed by atoms with E-state index in [0.29, 0.717) is 18.1 Å². The summed E-state index contributed by atoms with van der Waals surface area (Å²) in [5.74, 6) is 1.31. The average molecular weight is 276 g/mol. The number of nitrogens with two attached hydrogens (primary N) is 1. The Morgan fingerprint density at radius 2 is 2.10 bits per heavy atom. The molecule has 4 heteroatoms. The molecule has 0 bridgehead atoms. The normalized spacial score (nSPS) is 16.5. The molecule has 1 aliphatic rings. The van der Waals surface area contributed by atoms with E-state index in [4.69, 9.17) is 10.5 Å². The van der Waals surface area contributed by atoms with Crippen LogP contribution in [0.15, 0.2) is 24.3 Å². The molecule has 1 aliphatic heterocycles. The summed E-state index contributed by atoms with van der Waals surface area (Å²) >= 11 is 0. The number of likely N-dealkylation sites (tertiary alicyclic amines) is 1. The van der Waals surface area contributed by atoms with E-state index in [0.717, 1.165) is 31.7 Å². The number of carbonyl (C=O) groups excluding carboxylic acids is 1. The van der Waals surface area contributed by atoms with E-state index in [1.165, 1.54) is 0 Å². The van der Waals surface area contributed by atoms with E-state index in [2.05, 4.69) is 13.8 Å². The van der Waals surface area contributed by atoms with Crippen molar-refractivity contribution in [1.29, 1.82) is 0 Å². The summed E-state index contributed by atoms with van der Waals surface area (Å²) in [6.07, 6.45) is 1.77. The van der Waals surface area contributed by atoms with Crippen LogP contribution in [-0.2, 0) is 0 Å². The maximum Gasteiger partial charge on any atom is 0.253 e. The SMILES string of the molecule is CC(C)COc1cccc(C(=O)N2CCC(N)CC2)c1. The van der Waals surface area contributed by atoms with Gasteiger partial charge in [0.15, 0.2) is 0 Å². The quantitative estimate of drug-likeness (QED) is 0.918. The fraction of sp³-hybridized carbons (Fsp3) is 0.562. The van der Waals surface area contributed by atoms with Crippen LogP contribution in [0.25, 0.3) is 0 Å². The van der Waals surface area contributed by atoms with Crippen molar-refractivity contribution < 1.29 is 9.53 Å². The first kappa shape index (κ1) is 14.9. The highest BCUT2D eigenvalue weighted by Crippen LogP contribution is 2.18. The van der Waals surface area contributed by atoms with Crippen molar-refractivity contribution in [3.63, 3.8) is 0 Å². The van der Waals surface area contributed by atoms with Gasteiger partial charge in [-0.3, -0.25) is 4.79 Å². The molecule has 2 N–H and O–H groups in total. The fourth-order valence-corrected chi connectivity index (χ4v) is 2.27. The number of nitrogens with zero attached hydrogens (tertiary/aromatic N) is 1. The van der Waals surface area contributed by atoms with E-state index in [9.17, 15) is 4.79 Å². The van der Waals surface area contributed by atoms with Crippen molar-refractivity contribution >= 4 is 5.91 Å². The lowest BCUT2D eigenvalue weighted by atomic mass is 10.0. The van der Waals surface area contributed by atoms with Crippen molar-refractivity contribution in [1.82, 2.24) is 4.90 Å². The maximum atomic E-state index is 12.4. The van der Waals surface area contributed by atoms with Crippen molar-refractivity contribution in [2.75, 3.05) is 19.7 Å². The van der Waals surface area contributed by atoms with Crippen LogP contribution in [0.4, 0.5) is 0 Å². The molecule has 0 saturated carbocycles. The van der Waals surface area contributed by atoms with E-state index in [-0.39, 0.29) is 11.9 Å². The number of benzene rings is 1. The number of ether oxygens (including phenoxy) is 1. The Morgan fingerprint density at radius 1 is 1.40 bits per heavy atom. The fourth-order valence-electron chi connectivity index (χ4n) is 2.27. The van der Waals surface area contributed by atoms with Crippen LogP contribution in [0.3, 0.4) is 0 Å². The molecule has 20 heavy (non-hydrogen) atoms. The van der Waals surface area contributed by atoms with Gasteiger partial charge in [0.05, 0.1) is 6.61 Å². The number of hydrogen-bond donors (Lipinski definition) is 1. The van der Waals surface area contributed by atoms with Gasteiger partial charge in [-0.25, -0.2) is 0 Å². The lowest BCUT2D eigenvalue weighted by Crippen LogP contribution is -2.42. The summed E-state index contributed by atoms with van der Waals surface area (Å²) < 4.78 is 5.67. The summed E-state index contributed by atoms with van der Waals surface area (Å²) in [5.41, 5.74) is 6.57. The van der Waals surface area contributed by atoms with Crippen LogP contribution < -0.4 is 10.5 Å². The highest BCUT2D eigenvalue weighted by molar-refractivity contribution is 5.94. The molecule has 1 aromatic rings. The molecule has 0 unspecified atom stereocenters. The third kappa shape index (κ3) is 3.97. The first-order valence-electron chi connectivity index (χ1n) is 7.34. The van der Waals surface area contributed by atoms with Gasteiger partial charge in [0, 0.05) is 24.7 Å². The van der Waals surface area contributed by atoms with Crippen LogP contribution in [-0.4, -0.2) is 36.5 Å². The monoisotopic (exact) mass is 276 g/mol. The molecule has 1 saturated heterocycles. The molecule has 0 atom stereocenters. The summed E-state index contributed by atoms with van der Waals surface area (Å²) in [5, 5.41) is 0. The third-order valence-electron chi connectivity index (χ3n) is 3.49. The predicted octanol–water partition coefficient (Wildman–Crippen LogP) is 2.28. The molecular formula is C16H24N2O2. The zero-order valence-corrected chi connectivity index (χ0v) is 12.3. The highest BCUT2D eigenvalue weighted by atomic mass is 16.5. The summed E-state index contributed by atoms with van der Waals surface area (Å²) in [7, 11) is 0. The van der Waals surface area contributed by atoms with Gasteiger partial charge in [-0.2, -0.15) is 0 Å². The Bertz CT molecular complexity index is 452. The van der Waals surface area contributed by atoms with Crippen LogP contribution in [0.2, 0.25) is 0 Å². The van der Waals surface area contributed by atoms with Gasteiger partial charge in [-0.05, 0) is 37.0 Å². The summed E-state index contributed by atoms with van der Waals surface area (Å²) in [6.45, 7) is 6.36. The van der Waals surface area contributed by atoms with Crippen LogP contribution in [0.1, 0.15) is 37.0 Å². The third-order valence-corrected chi connectivity index (χ3v) is 3.49. The van der Waals surface area contributed by atoms with E-state index in [1.807, 2.05) is 29.2 Å². The van der Waals surface area contributed by atoms with Gasteiger partial charge >= 0.3 is 0 Å². The van der Waals surface area contributed by atoms with Crippen molar-refractivity contribution in [2.24, 2.45) is 11.7 Å². The predicted molar refractivity (Wildman–Crippen MR) is 79.9 cm³/mol. The molecule has 1 amide bonds. The first-order chi connectivity index (χ1) is 9.56. The number of amides is 1. The lowest BCUT2D eigenvalue weighted by Gasteiger charge is -2.30. The second kappa shape index (κ2) is 6.75. The minimum Gasteiger partial charge on any atom is -0.493 e. The molecule has 0 aromatic heterocycles.